The molecule has 7 nitrogen and oxygen atoms in total. The molecule has 1 N–H and O–H groups in total. The van der Waals surface area contributed by atoms with Gasteiger partial charge in [-0.05, 0) is 48.7 Å². The van der Waals surface area contributed by atoms with Crippen molar-refractivity contribution in [2.24, 2.45) is 0 Å². The quantitative estimate of drug-likeness (QED) is 0.353. The van der Waals surface area contributed by atoms with E-state index in [2.05, 4.69) is 10.3 Å². The van der Waals surface area contributed by atoms with E-state index in [0.717, 1.165) is 18.5 Å². The van der Waals surface area contributed by atoms with Gasteiger partial charge in [0.25, 0.3) is 5.91 Å². The Kier molecular flexibility index (Phi) is 8.48. The Bertz CT molecular complexity index is 1030. The lowest BCUT2D eigenvalue weighted by atomic mass is 10.1. The van der Waals surface area contributed by atoms with Gasteiger partial charge in [-0.1, -0.05) is 35.3 Å². The van der Waals surface area contributed by atoms with Crippen LogP contribution in [0.5, 0.6) is 0 Å². The highest BCUT2D eigenvalue weighted by molar-refractivity contribution is 7.80. The van der Waals surface area contributed by atoms with E-state index in [1.54, 1.807) is 55.0 Å². The van der Waals surface area contributed by atoms with Crippen LogP contribution in [-0.2, 0) is 24.2 Å². The van der Waals surface area contributed by atoms with E-state index in [4.69, 9.17) is 23.2 Å². The zero-order valence-electron chi connectivity index (χ0n) is 16.5. The molecule has 0 aliphatic carbocycles. The molecule has 2 aromatic carbocycles. The molecule has 1 heterocycles. The van der Waals surface area contributed by atoms with Gasteiger partial charge in [0.15, 0.2) is 0 Å². The Morgan fingerprint density at radius 2 is 1.97 bits per heavy atom. The van der Waals surface area contributed by atoms with Crippen molar-refractivity contribution < 1.29 is 13.6 Å². The fourth-order valence-corrected chi connectivity index (χ4v) is 3.97. The minimum absolute atomic E-state index is 0.190. The van der Waals surface area contributed by atoms with Crippen molar-refractivity contribution in [3.8, 4) is 0 Å². The molecule has 1 atom stereocenters. The third kappa shape index (κ3) is 6.54. The standard InChI is InChI=1S/C21H22Cl2N4O3S/c22-19-4-1-3-16(20(19)23)9-13-27(31(29)30)18-7-5-17(6-8-18)21(28)25-10-2-12-26-14-11-24-15-26/h1,3-8,11,14-15H,2,9-10,12-13H2,(H,25,28)(H,29,30)/p-1. The van der Waals surface area contributed by atoms with E-state index >= 15 is 0 Å². The monoisotopic (exact) mass is 479 g/mol. The highest BCUT2D eigenvalue weighted by Gasteiger charge is 2.12. The Balaban J connectivity index is 1.56. The number of carbonyl (C=O) groups is 1. The van der Waals surface area contributed by atoms with Crippen molar-refractivity contribution in [3.63, 3.8) is 0 Å². The molecule has 0 bridgehead atoms. The number of aryl methyl sites for hydroxylation is 1. The fraction of sp³-hybridized carbons (Fsp3) is 0.238. The van der Waals surface area contributed by atoms with E-state index in [0.29, 0.717) is 34.3 Å². The first kappa shape index (κ1) is 23.3. The van der Waals surface area contributed by atoms with E-state index in [-0.39, 0.29) is 12.5 Å². The Labute approximate surface area is 193 Å². The molecule has 0 aliphatic rings. The number of anilines is 1. The number of benzene rings is 2. The molecule has 3 rings (SSSR count). The predicted octanol–water partition coefficient (Wildman–Crippen LogP) is 3.85. The van der Waals surface area contributed by atoms with Crippen LogP contribution in [0.1, 0.15) is 22.3 Å². The van der Waals surface area contributed by atoms with Gasteiger partial charge in [0.2, 0.25) is 0 Å². The number of amides is 1. The van der Waals surface area contributed by atoms with Crippen LogP contribution in [0.25, 0.3) is 0 Å². The van der Waals surface area contributed by atoms with Crippen LogP contribution in [0.15, 0.2) is 61.2 Å². The number of hydrogen-bond donors (Lipinski definition) is 1. The average Bonchev–Trinajstić information content (AvgIpc) is 3.28. The van der Waals surface area contributed by atoms with Crippen molar-refractivity contribution in [2.75, 3.05) is 17.4 Å². The number of rotatable bonds is 10. The first-order chi connectivity index (χ1) is 15.0. The molecule has 1 amide bonds. The molecule has 0 aliphatic heterocycles. The summed E-state index contributed by atoms with van der Waals surface area (Å²) in [6.07, 6.45) is 6.48. The topological polar surface area (TPSA) is 90.3 Å². The Morgan fingerprint density at radius 3 is 2.65 bits per heavy atom. The summed E-state index contributed by atoms with van der Waals surface area (Å²) in [4.78, 5) is 16.3. The second-order valence-electron chi connectivity index (χ2n) is 6.74. The average molecular weight is 480 g/mol. The second kappa shape index (κ2) is 11.3. The van der Waals surface area contributed by atoms with Crippen LogP contribution in [0.2, 0.25) is 10.0 Å². The zero-order chi connectivity index (χ0) is 22.2. The summed E-state index contributed by atoms with van der Waals surface area (Å²) in [7, 11) is 0. The smallest absolute Gasteiger partial charge is 0.251 e. The van der Waals surface area contributed by atoms with Gasteiger partial charge >= 0.3 is 0 Å². The van der Waals surface area contributed by atoms with Gasteiger partial charge in [-0.2, -0.15) is 0 Å². The number of nitrogens with zero attached hydrogens (tertiary/aromatic N) is 3. The number of nitrogens with one attached hydrogen (secondary N) is 1. The fourth-order valence-electron chi connectivity index (χ4n) is 3.02. The predicted molar refractivity (Wildman–Crippen MR) is 122 cm³/mol. The maximum Gasteiger partial charge on any atom is 0.251 e. The SMILES string of the molecule is O=C(NCCCn1ccnc1)c1ccc(N(CCc2cccc(Cl)c2Cl)S(=O)[O-])cc1. The van der Waals surface area contributed by atoms with E-state index in [9.17, 15) is 13.6 Å². The normalized spacial score (nSPS) is 11.8. The summed E-state index contributed by atoms with van der Waals surface area (Å²) in [5, 5.41) is 3.70. The van der Waals surface area contributed by atoms with Crippen molar-refractivity contribution in [3.05, 3.63) is 82.4 Å². The third-order valence-electron chi connectivity index (χ3n) is 4.65. The number of carbonyl (C=O) groups excluding carboxylic acids is 1. The molecule has 10 heteroatoms. The summed E-state index contributed by atoms with van der Waals surface area (Å²) < 4.78 is 26.6. The van der Waals surface area contributed by atoms with Crippen LogP contribution < -0.4 is 9.62 Å². The third-order valence-corrected chi connectivity index (χ3v) is 6.26. The van der Waals surface area contributed by atoms with Crippen LogP contribution in [0, 0.1) is 0 Å². The van der Waals surface area contributed by atoms with E-state index < -0.39 is 11.3 Å². The molecule has 0 saturated heterocycles. The summed E-state index contributed by atoms with van der Waals surface area (Å²) in [5.74, 6) is -0.210. The summed E-state index contributed by atoms with van der Waals surface area (Å²) >= 11 is 9.72. The van der Waals surface area contributed by atoms with Gasteiger partial charge < -0.3 is 18.7 Å². The molecule has 1 aromatic heterocycles. The Morgan fingerprint density at radius 1 is 1.19 bits per heavy atom. The lowest BCUT2D eigenvalue weighted by molar-refractivity contribution is 0.0952. The molecule has 0 radical (unpaired) electrons. The minimum atomic E-state index is -2.48. The number of hydrogen-bond acceptors (Lipinski definition) is 4. The van der Waals surface area contributed by atoms with Gasteiger partial charge in [0.05, 0.1) is 16.4 Å². The molecular weight excluding hydrogens is 459 g/mol. The zero-order valence-corrected chi connectivity index (χ0v) is 18.9. The molecule has 164 valence electrons. The van der Waals surface area contributed by atoms with E-state index in [1.807, 2.05) is 10.8 Å². The van der Waals surface area contributed by atoms with Crippen molar-refractivity contribution in [1.82, 2.24) is 14.9 Å². The number of halogens is 2. The number of aromatic nitrogens is 2. The van der Waals surface area contributed by atoms with E-state index in [1.165, 1.54) is 4.31 Å². The molecule has 1 unspecified atom stereocenters. The van der Waals surface area contributed by atoms with Gasteiger partial charge in [-0.25, -0.2) is 4.98 Å². The maximum absolute atomic E-state index is 12.3. The highest BCUT2D eigenvalue weighted by atomic mass is 35.5. The van der Waals surface area contributed by atoms with Gasteiger partial charge in [0.1, 0.15) is 0 Å². The van der Waals surface area contributed by atoms with Gasteiger partial charge in [0, 0.05) is 54.5 Å². The molecule has 0 fully saturated rings. The van der Waals surface area contributed by atoms with Crippen LogP contribution in [0.4, 0.5) is 5.69 Å². The summed E-state index contributed by atoms with van der Waals surface area (Å²) in [5.41, 5.74) is 1.68. The Hall–Kier alpha value is -2.39. The van der Waals surface area contributed by atoms with Crippen molar-refractivity contribution in [2.45, 2.75) is 19.4 Å². The highest BCUT2D eigenvalue weighted by Crippen LogP contribution is 2.26. The van der Waals surface area contributed by atoms with Crippen LogP contribution >= 0.6 is 23.2 Å². The first-order valence-corrected chi connectivity index (χ1v) is 11.4. The lowest BCUT2D eigenvalue weighted by Gasteiger charge is -2.26. The first-order valence-electron chi connectivity index (χ1n) is 9.59. The largest absolute Gasteiger partial charge is 0.755 e. The molecule has 0 saturated carbocycles. The van der Waals surface area contributed by atoms with Gasteiger partial charge in [-0.3, -0.25) is 9.00 Å². The number of imidazole rings is 1. The van der Waals surface area contributed by atoms with Crippen molar-refractivity contribution in [1.29, 1.82) is 0 Å². The van der Waals surface area contributed by atoms with Crippen LogP contribution in [-0.4, -0.2) is 37.3 Å². The maximum atomic E-state index is 12.3. The molecule has 3 aromatic rings. The van der Waals surface area contributed by atoms with Gasteiger partial charge in [-0.15, -0.1) is 0 Å². The summed E-state index contributed by atoms with van der Waals surface area (Å²) in [6.45, 7) is 1.48. The summed E-state index contributed by atoms with van der Waals surface area (Å²) in [6, 6.07) is 11.7. The van der Waals surface area contributed by atoms with Crippen LogP contribution in [0.3, 0.4) is 0 Å². The van der Waals surface area contributed by atoms with Crippen molar-refractivity contribution >= 4 is 46.1 Å². The second-order valence-corrected chi connectivity index (χ2v) is 8.40. The lowest BCUT2D eigenvalue weighted by Crippen LogP contribution is -2.28. The molecular formula is C21H21Cl2N4O3S-. The minimum Gasteiger partial charge on any atom is -0.755 e. The molecule has 31 heavy (non-hydrogen) atoms. The molecule has 0 spiro atoms.